The topological polar surface area (TPSA) is 49.2 Å². The first-order valence-corrected chi connectivity index (χ1v) is 7.49. The van der Waals surface area contributed by atoms with Crippen LogP contribution < -0.4 is 4.90 Å². The van der Waals surface area contributed by atoms with Crippen molar-refractivity contribution < 1.29 is 9.50 Å². The molecule has 1 unspecified atom stereocenters. The first kappa shape index (κ1) is 15.4. The lowest BCUT2D eigenvalue weighted by Crippen LogP contribution is -2.26. The van der Waals surface area contributed by atoms with Crippen LogP contribution in [0, 0.1) is 5.82 Å². The molecule has 5 heteroatoms. The minimum absolute atomic E-state index is 0.0532. The summed E-state index contributed by atoms with van der Waals surface area (Å²) in [5.41, 5.74) is 1.77. The summed E-state index contributed by atoms with van der Waals surface area (Å²) in [7, 11) is 1.90. The van der Waals surface area contributed by atoms with Crippen LogP contribution in [0.1, 0.15) is 18.0 Å². The van der Waals surface area contributed by atoms with Crippen molar-refractivity contribution in [3.63, 3.8) is 0 Å². The van der Waals surface area contributed by atoms with Crippen molar-refractivity contribution in [1.29, 1.82) is 0 Å². The second-order valence-electron chi connectivity index (χ2n) is 5.41. The quantitative estimate of drug-likeness (QED) is 0.785. The Labute approximate surface area is 134 Å². The van der Waals surface area contributed by atoms with Crippen LogP contribution in [-0.2, 0) is 0 Å². The van der Waals surface area contributed by atoms with Crippen molar-refractivity contribution in [2.24, 2.45) is 0 Å². The zero-order valence-corrected chi connectivity index (χ0v) is 12.9. The number of anilines is 1. The van der Waals surface area contributed by atoms with Crippen LogP contribution in [0.25, 0.3) is 10.9 Å². The normalized spacial score (nSPS) is 12.3. The van der Waals surface area contributed by atoms with E-state index < -0.39 is 0 Å². The average molecular weight is 311 g/mol. The van der Waals surface area contributed by atoms with Gasteiger partial charge in [-0.3, -0.25) is 0 Å². The molecule has 118 valence electrons. The Hall–Kier alpha value is -2.53. The predicted molar refractivity (Wildman–Crippen MR) is 88.8 cm³/mol. The monoisotopic (exact) mass is 311 g/mol. The molecular weight excluding hydrogens is 293 g/mol. The minimum atomic E-state index is -0.319. The van der Waals surface area contributed by atoms with E-state index in [0.29, 0.717) is 23.1 Å². The summed E-state index contributed by atoms with van der Waals surface area (Å²) >= 11 is 0. The fourth-order valence-electron chi connectivity index (χ4n) is 2.83. The number of nitrogens with zero attached hydrogens (tertiary/aromatic N) is 3. The largest absolute Gasteiger partial charge is 0.396 e. The molecule has 23 heavy (non-hydrogen) atoms. The van der Waals surface area contributed by atoms with Crippen molar-refractivity contribution in [3.05, 3.63) is 66.2 Å². The molecule has 0 amide bonds. The summed E-state index contributed by atoms with van der Waals surface area (Å²) < 4.78 is 13.6. The molecule has 0 aliphatic heterocycles. The molecule has 1 heterocycles. The SMILES string of the molecule is CN(c1ncnc2ccc(F)cc12)C(CCO)c1ccccc1. The van der Waals surface area contributed by atoms with Gasteiger partial charge in [-0.25, -0.2) is 14.4 Å². The highest BCUT2D eigenvalue weighted by Crippen LogP contribution is 2.31. The summed E-state index contributed by atoms with van der Waals surface area (Å²) in [5, 5.41) is 10.1. The maximum absolute atomic E-state index is 13.6. The zero-order chi connectivity index (χ0) is 16.2. The fraction of sp³-hybridized carbons (Fsp3) is 0.222. The van der Waals surface area contributed by atoms with E-state index in [4.69, 9.17) is 0 Å². The number of aliphatic hydroxyl groups excluding tert-OH is 1. The number of fused-ring (bicyclic) bond motifs is 1. The predicted octanol–water partition coefficient (Wildman–Crippen LogP) is 3.33. The number of hydrogen-bond donors (Lipinski definition) is 1. The van der Waals surface area contributed by atoms with Gasteiger partial charge in [-0.15, -0.1) is 0 Å². The van der Waals surface area contributed by atoms with Crippen molar-refractivity contribution in [2.45, 2.75) is 12.5 Å². The van der Waals surface area contributed by atoms with E-state index in [0.717, 1.165) is 5.56 Å². The minimum Gasteiger partial charge on any atom is -0.396 e. The Morgan fingerprint density at radius 2 is 1.91 bits per heavy atom. The third kappa shape index (κ3) is 3.14. The third-order valence-corrected chi connectivity index (χ3v) is 3.96. The summed E-state index contributed by atoms with van der Waals surface area (Å²) in [4.78, 5) is 10.5. The van der Waals surface area contributed by atoms with E-state index in [1.165, 1.54) is 18.5 Å². The summed E-state index contributed by atoms with van der Waals surface area (Å²) in [5.74, 6) is 0.331. The van der Waals surface area contributed by atoms with E-state index in [1.54, 1.807) is 6.07 Å². The summed E-state index contributed by atoms with van der Waals surface area (Å²) in [6, 6.07) is 14.3. The van der Waals surface area contributed by atoms with Crippen molar-refractivity contribution in [2.75, 3.05) is 18.6 Å². The van der Waals surface area contributed by atoms with Gasteiger partial charge in [0, 0.05) is 19.0 Å². The molecule has 0 saturated heterocycles. The molecule has 1 N–H and O–H groups in total. The van der Waals surface area contributed by atoms with Gasteiger partial charge in [-0.05, 0) is 30.2 Å². The molecule has 1 aromatic heterocycles. The maximum atomic E-state index is 13.6. The number of hydrogen-bond acceptors (Lipinski definition) is 4. The fourth-order valence-corrected chi connectivity index (χ4v) is 2.83. The lowest BCUT2D eigenvalue weighted by atomic mass is 10.0. The van der Waals surface area contributed by atoms with Crippen LogP contribution in [0.4, 0.5) is 10.2 Å². The highest BCUT2D eigenvalue weighted by Gasteiger charge is 2.20. The molecule has 0 spiro atoms. The van der Waals surface area contributed by atoms with Crippen LogP contribution in [0.5, 0.6) is 0 Å². The van der Waals surface area contributed by atoms with Gasteiger partial charge in [-0.1, -0.05) is 30.3 Å². The average Bonchev–Trinajstić information content (AvgIpc) is 2.59. The number of aromatic nitrogens is 2. The van der Waals surface area contributed by atoms with Gasteiger partial charge in [0.1, 0.15) is 18.0 Å². The summed E-state index contributed by atoms with van der Waals surface area (Å²) in [6.45, 7) is 0.0568. The van der Waals surface area contributed by atoms with Crippen molar-refractivity contribution >= 4 is 16.7 Å². The van der Waals surface area contributed by atoms with Crippen LogP contribution in [0.2, 0.25) is 0 Å². The van der Waals surface area contributed by atoms with E-state index in [9.17, 15) is 9.50 Å². The van der Waals surface area contributed by atoms with Crippen LogP contribution >= 0.6 is 0 Å². The zero-order valence-electron chi connectivity index (χ0n) is 12.9. The van der Waals surface area contributed by atoms with E-state index in [1.807, 2.05) is 42.3 Å². The van der Waals surface area contributed by atoms with Gasteiger partial charge in [0.25, 0.3) is 0 Å². The standard InChI is InChI=1S/C18H18FN3O/c1-22(17(9-10-23)13-5-3-2-4-6-13)18-15-11-14(19)7-8-16(15)20-12-21-18/h2-8,11-12,17,23H,9-10H2,1H3. The number of benzene rings is 2. The molecular formula is C18H18FN3O. The number of rotatable bonds is 5. The smallest absolute Gasteiger partial charge is 0.140 e. The lowest BCUT2D eigenvalue weighted by Gasteiger charge is -2.30. The second kappa shape index (κ2) is 6.71. The van der Waals surface area contributed by atoms with E-state index in [-0.39, 0.29) is 18.5 Å². The molecule has 4 nitrogen and oxygen atoms in total. The molecule has 3 rings (SSSR count). The van der Waals surface area contributed by atoms with Gasteiger partial charge in [0.2, 0.25) is 0 Å². The van der Waals surface area contributed by atoms with Gasteiger partial charge >= 0.3 is 0 Å². The van der Waals surface area contributed by atoms with Gasteiger partial charge < -0.3 is 10.0 Å². The van der Waals surface area contributed by atoms with Gasteiger partial charge in [-0.2, -0.15) is 0 Å². The van der Waals surface area contributed by atoms with Gasteiger partial charge in [0.15, 0.2) is 0 Å². The molecule has 1 atom stereocenters. The Kier molecular flexibility index (Phi) is 4.48. The third-order valence-electron chi connectivity index (χ3n) is 3.96. The van der Waals surface area contributed by atoms with E-state index in [2.05, 4.69) is 9.97 Å². The second-order valence-corrected chi connectivity index (χ2v) is 5.41. The first-order chi connectivity index (χ1) is 11.2. The molecule has 2 aromatic carbocycles. The van der Waals surface area contributed by atoms with Crippen LogP contribution in [0.3, 0.4) is 0 Å². The molecule has 0 aliphatic rings. The molecule has 3 aromatic rings. The van der Waals surface area contributed by atoms with Crippen LogP contribution in [0.15, 0.2) is 54.9 Å². The van der Waals surface area contributed by atoms with E-state index >= 15 is 0 Å². The molecule has 0 fully saturated rings. The van der Waals surface area contributed by atoms with Crippen molar-refractivity contribution in [1.82, 2.24) is 9.97 Å². The Balaban J connectivity index is 2.07. The molecule has 0 bridgehead atoms. The lowest BCUT2D eigenvalue weighted by molar-refractivity contribution is 0.274. The highest BCUT2D eigenvalue weighted by atomic mass is 19.1. The maximum Gasteiger partial charge on any atom is 0.140 e. The molecule has 0 saturated carbocycles. The Bertz CT molecular complexity index is 795. The first-order valence-electron chi connectivity index (χ1n) is 7.49. The van der Waals surface area contributed by atoms with Crippen molar-refractivity contribution in [3.8, 4) is 0 Å². The Morgan fingerprint density at radius 1 is 1.13 bits per heavy atom. The summed E-state index contributed by atoms with van der Waals surface area (Å²) in [6.07, 6.45) is 2.04. The number of halogens is 1. The van der Waals surface area contributed by atoms with Crippen LogP contribution in [-0.4, -0.2) is 28.7 Å². The molecule has 0 aliphatic carbocycles. The highest BCUT2D eigenvalue weighted by molar-refractivity contribution is 5.89. The Morgan fingerprint density at radius 3 is 2.65 bits per heavy atom. The van der Waals surface area contributed by atoms with Gasteiger partial charge in [0.05, 0.1) is 11.6 Å². The number of aliphatic hydroxyl groups is 1. The molecule has 0 radical (unpaired) electrons.